The Balaban J connectivity index is 0.00000420. The van der Waals surface area contributed by atoms with Crippen LogP contribution in [0.15, 0.2) is 53.5 Å². The molecule has 0 aromatic heterocycles. The molecule has 0 saturated carbocycles. The molecule has 9 heteroatoms. The van der Waals surface area contributed by atoms with Gasteiger partial charge in [-0.3, -0.25) is 9.79 Å². The fraction of sp³-hybridized carbons (Fsp3) is 0.300. The number of nitrogens with zero attached hydrogens (tertiary/aromatic N) is 1. The van der Waals surface area contributed by atoms with Gasteiger partial charge in [0, 0.05) is 32.2 Å². The molecule has 0 radical (unpaired) electrons. The second kappa shape index (κ2) is 11.6. The van der Waals surface area contributed by atoms with Crippen molar-refractivity contribution in [2.24, 2.45) is 4.99 Å². The van der Waals surface area contributed by atoms with E-state index in [1.165, 1.54) is 12.1 Å². The van der Waals surface area contributed by atoms with Crippen LogP contribution in [0.25, 0.3) is 0 Å². The molecule has 3 N–H and O–H groups in total. The van der Waals surface area contributed by atoms with Gasteiger partial charge in [0.2, 0.25) is 0 Å². The van der Waals surface area contributed by atoms with Gasteiger partial charge in [-0.1, -0.05) is 29.8 Å². The van der Waals surface area contributed by atoms with Gasteiger partial charge in [-0.05, 0) is 36.8 Å². The van der Waals surface area contributed by atoms with Crippen LogP contribution < -0.4 is 16.0 Å². The monoisotopic (exact) mass is 520 g/mol. The highest BCUT2D eigenvalue weighted by Crippen LogP contribution is 2.28. The summed E-state index contributed by atoms with van der Waals surface area (Å²) in [6, 6.07) is 12.3. The number of hydrogen-bond acceptors (Lipinski definition) is 2. The van der Waals surface area contributed by atoms with Crippen LogP contribution in [0.3, 0.4) is 0 Å². The van der Waals surface area contributed by atoms with E-state index in [0.29, 0.717) is 36.7 Å². The van der Waals surface area contributed by atoms with Gasteiger partial charge in [-0.15, -0.1) is 24.0 Å². The normalized spacial score (nSPS) is 11.4. The first-order valence-electron chi connectivity index (χ1n) is 8.75. The minimum absolute atomic E-state index is 0. The lowest BCUT2D eigenvalue weighted by molar-refractivity contribution is -0.137. The molecule has 0 saturated heterocycles. The molecule has 0 bridgehead atoms. The van der Waals surface area contributed by atoms with Gasteiger partial charge in [0.15, 0.2) is 5.96 Å². The lowest BCUT2D eigenvalue weighted by Gasteiger charge is -2.13. The maximum atomic E-state index is 12.6. The zero-order chi connectivity index (χ0) is 20.6. The number of carbonyl (C=O) groups is 1. The SMILES string of the molecule is CN=C(NCCNC(=O)c1cccc(C)c1)NCc1ccc(C(F)(F)F)cc1.I. The highest BCUT2D eigenvalue weighted by atomic mass is 127. The molecule has 0 spiro atoms. The summed E-state index contributed by atoms with van der Waals surface area (Å²) >= 11 is 0. The number of benzene rings is 2. The number of halogens is 4. The molecule has 0 aliphatic carbocycles. The zero-order valence-corrected chi connectivity index (χ0v) is 18.5. The van der Waals surface area contributed by atoms with Gasteiger partial charge in [0.05, 0.1) is 5.56 Å². The Morgan fingerprint density at radius 2 is 1.66 bits per heavy atom. The van der Waals surface area contributed by atoms with Crippen LogP contribution >= 0.6 is 24.0 Å². The Morgan fingerprint density at radius 1 is 1.00 bits per heavy atom. The number of carbonyl (C=O) groups excluding carboxylic acids is 1. The van der Waals surface area contributed by atoms with E-state index in [1.807, 2.05) is 25.1 Å². The van der Waals surface area contributed by atoms with Crippen molar-refractivity contribution < 1.29 is 18.0 Å². The van der Waals surface area contributed by atoms with E-state index in [4.69, 9.17) is 0 Å². The predicted molar refractivity (Wildman–Crippen MR) is 119 cm³/mol. The van der Waals surface area contributed by atoms with E-state index < -0.39 is 11.7 Å². The number of aryl methyl sites for hydroxylation is 1. The number of guanidine groups is 1. The number of aliphatic imine (C=N–C) groups is 1. The molecule has 0 aliphatic rings. The maximum absolute atomic E-state index is 12.6. The molecule has 0 aliphatic heterocycles. The Labute approximate surface area is 185 Å². The van der Waals surface area contributed by atoms with E-state index in [2.05, 4.69) is 20.9 Å². The average molecular weight is 520 g/mol. The molecule has 0 atom stereocenters. The van der Waals surface area contributed by atoms with Gasteiger partial charge in [0.1, 0.15) is 0 Å². The molecule has 5 nitrogen and oxygen atoms in total. The van der Waals surface area contributed by atoms with Gasteiger partial charge >= 0.3 is 6.18 Å². The molecule has 29 heavy (non-hydrogen) atoms. The second-order valence-electron chi connectivity index (χ2n) is 6.17. The lowest BCUT2D eigenvalue weighted by Crippen LogP contribution is -2.41. The minimum Gasteiger partial charge on any atom is -0.355 e. The predicted octanol–water partition coefficient (Wildman–Crippen LogP) is 3.73. The Bertz CT molecular complexity index is 823. The molecule has 1 amide bonds. The van der Waals surface area contributed by atoms with Crippen LogP contribution in [0.5, 0.6) is 0 Å². The van der Waals surface area contributed by atoms with Crippen LogP contribution in [0.1, 0.15) is 27.0 Å². The van der Waals surface area contributed by atoms with E-state index in [-0.39, 0.29) is 29.9 Å². The summed E-state index contributed by atoms with van der Waals surface area (Å²) in [5, 5.41) is 8.86. The Kier molecular flexibility index (Phi) is 9.93. The summed E-state index contributed by atoms with van der Waals surface area (Å²) in [5.74, 6) is 0.336. The summed E-state index contributed by atoms with van der Waals surface area (Å²) in [5.41, 5.74) is 1.63. The van der Waals surface area contributed by atoms with Gasteiger partial charge in [0.25, 0.3) is 5.91 Å². The van der Waals surface area contributed by atoms with Crippen molar-refractivity contribution in [2.45, 2.75) is 19.6 Å². The summed E-state index contributed by atoms with van der Waals surface area (Å²) in [6.07, 6.45) is -4.34. The molecule has 2 aromatic rings. The summed E-state index contributed by atoms with van der Waals surface area (Å²) < 4.78 is 37.7. The first-order valence-corrected chi connectivity index (χ1v) is 8.75. The summed E-state index contributed by atoms with van der Waals surface area (Å²) in [7, 11) is 1.59. The molecular formula is C20H24F3IN4O. The van der Waals surface area contributed by atoms with Crippen LogP contribution in [0.2, 0.25) is 0 Å². The van der Waals surface area contributed by atoms with Crippen molar-refractivity contribution in [1.82, 2.24) is 16.0 Å². The van der Waals surface area contributed by atoms with Gasteiger partial charge in [-0.2, -0.15) is 13.2 Å². The topological polar surface area (TPSA) is 65.5 Å². The third-order valence-electron chi connectivity index (χ3n) is 3.95. The van der Waals surface area contributed by atoms with Crippen LogP contribution in [0, 0.1) is 6.92 Å². The molecule has 2 rings (SSSR count). The van der Waals surface area contributed by atoms with Crippen LogP contribution in [-0.4, -0.2) is 32.0 Å². The first-order chi connectivity index (χ1) is 13.3. The lowest BCUT2D eigenvalue weighted by atomic mass is 10.1. The zero-order valence-electron chi connectivity index (χ0n) is 16.1. The standard InChI is InChI=1S/C20H23F3N4O.HI/c1-14-4-3-5-16(12-14)18(28)25-10-11-26-19(24-2)27-13-15-6-8-17(9-7-15)20(21,22)23;/h3-9,12H,10-11,13H2,1-2H3,(H,25,28)(H2,24,26,27);1H. The van der Waals surface area contributed by atoms with Crippen molar-refractivity contribution in [3.8, 4) is 0 Å². The average Bonchev–Trinajstić information content (AvgIpc) is 2.67. The van der Waals surface area contributed by atoms with E-state index in [0.717, 1.165) is 17.7 Å². The second-order valence-corrected chi connectivity index (χ2v) is 6.17. The smallest absolute Gasteiger partial charge is 0.355 e. The molecular weight excluding hydrogens is 496 g/mol. The highest BCUT2D eigenvalue weighted by Gasteiger charge is 2.29. The highest BCUT2D eigenvalue weighted by molar-refractivity contribution is 14.0. The third-order valence-corrected chi connectivity index (χ3v) is 3.95. The third kappa shape index (κ3) is 8.30. The van der Waals surface area contributed by atoms with Crippen molar-refractivity contribution in [1.29, 1.82) is 0 Å². The summed E-state index contributed by atoms with van der Waals surface area (Å²) in [4.78, 5) is 16.1. The molecule has 158 valence electrons. The number of nitrogens with one attached hydrogen (secondary N) is 3. The fourth-order valence-corrected chi connectivity index (χ4v) is 2.46. The van der Waals surface area contributed by atoms with Crippen molar-refractivity contribution >= 4 is 35.8 Å². The van der Waals surface area contributed by atoms with Gasteiger partial charge in [-0.25, -0.2) is 0 Å². The number of amides is 1. The Hall–Kier alpha value is -2.30. The number of alkyl halides is 3. The molecule has 0 heterocycles. The van der Waals surface area contributed by atoms with E-state index >= 15 is 0 Å². The molecule has 2 aromatic carbocycles. The van der Waals surface area contributed by atoms with E-state index in [9.17, 15) is 18.0 Å². The maximum Gasteiger partial charge on any atom is 0.416 e. The quantitative estimate of drug-likeness (QED) is 0.236. The van der Waals surface area contributed by atoms with E-state index in [1.54, 1.807) is 13.1 Å². The number of hydrogen-bond donors (Lipinski definition) is 3. The fourth-order valence-electron chi connectivity index (χ4n) is 2.46. The van der Waals surface area contributed by atoms with Crippen molar-refractivity contribution in [2.75, 3.05) is 20.1 Å². The number of rotatable bonds is 6. The van der Waals surface area contributed by atoms with Crippen molar-refractivity contribution in [3.05, 3.63) is 70.8 Å². The first kappa shape index (κ1) is 24.7. The minimum atomic E-state index is -4.34. The summed E-state index contributed by atoms with van der Waals surface area (Å²) in [6.45, 7) is 3.09. The van der Waals surface area contributed by atoms with Crippen molar-refractivity contribution in [3.63, 3.8) is 0 Å². The van der Waals surface area contributed by atoms with Gasteiger partial charge < -0.3 is 16.0 Å². The molecule has 0 fully saturated rings. The van der Waals surface area contributed by atoms with Crippen LogP contribution in [0.4, 0.5) is 13.2 Å². The van der Waals surface area contributed by atoms with Crippen LogP contribution in [-0.2, 0) is 12.7 Å². The largest absolute Gasteiger partial charge is 0.416 e. The Morgan fingerprint density at radius 3 is 2.24 bits per heavy atom. The molecule has 0 unspecified atom stereocenters.